The molecule has 1 atom stereocenters. The predicted octanol–water partition coefficient (Wildman–Crippen LogP) is 2.12. The standard InChI is InChI=1S/C9H17N/c1-5-7-8(3)9(6-2)10-4/h5,7,9-10H,1,6H2,2-4H3. The molecule has 0 aliphatic heterocycles. The van der Waals surface area contributed by atoms with Crippen LogP contribution in [0.15, 0.2) is 24.3 Å². The second-order valence-corrected chi connectivity index (χ2v) is 2.40. The van der Waals surface area contributed by atoms with Gasteiger partial charge in [-0.05, 0) is 20.4 Å². The van der Waals surface area contributed by atoms with Gasteiger partial charge in [-0.1, -0.05) is 31.2 Å². The maximum Gasteiger partial charge on any atom is 0.0274 e. The summed E-state index contributed by atoms with van der Waals surface area (Å²) in [6.45, 7) is 7.93. The van der Waals surface area contributed by atoms with E-state index in [1.54, 1.807) is 0 Å². The van der Waals surface area contributed by atoms with Gasteiger partial charge in [-0.3, -0.25) is 0 Å². The molecule has 0 aliphatic carbocycles. The molecular formula is C9H17N. The molecule has 0 radical (unpaired) electrons. The summed E-state index contributed by atoms with van der Waals surface area (Å²) in [7, 11) is 1.98. The molecule has 0 saturated carbocycles. The number of nitrogens with one attached hydrogen (secondary N) is 1. The predicted molar refractivity (Wildman–Crippen MR) is 47.1 cm³/mol. The first-order chi connectivity index (χ1) is 4.76. The van der Waals surface area contributed by atoms with E-state index < -0.39 is 0 Å². The van der Waals surface area contributed by atoms with Crippen molar-refractivity contribution in [3.8, 4) is 0 Å². The Balaban J connectivity index is 3.99. The van der Waals surface area contributed by atoms with Gasteiger partial charge in [0.05, 0.1) is 0 Å². The first kappa shape index (κ1) is 9.44. The van der Waals surface area contributed by atoms with Crippen molar-refractivity contribution >= 4 is 0 Å². The molecule has 0 fully saturated rings. The van der Waals surface area contributed by atoms with Gasteiger partial charge in [-0.2, -0.15) is 0 Å². The fourth-order valence-electron chi connectivity index (χ4n) is 1.06. The van der Waals surface area contributed by atoms with Crippen molar-refractivity contribution in [3.05, 3.63) is 24.3 Å². The SMILES string of the molecule is C=CC=C(C)C(CC)NC. The van der Waals surface area contributed by atoms with Gasteiger partial charge in [0.25, 0.3) is 0 Å². The van der Waals surface area contributed by atoms with Crippen molar-refractivity contribution in [3.63, 3.8) is 0 Å². The van der Waals surface area contributed by atoms with E-state index in [9.17, 15) is 0 Å². The lowest BCUT2D eigenvalue weighted by molar-refractivity contribution is 0.617. The van der Waals surface area contributed by atoms with Gasteiger partial charge in [0.1, 0.15) is 0 Å². The third-order valence-corrected chi connectivity index (χ3v) is 1.69. The molecule has 0 bridgehead atoms. The van der Waals surface area contributed by atoms with Crippen LogP contribution in [0.4, 0.5) is 0 Å². The van der Waals surface area contributed by atoms with E-state index in [0.717, 1.165) is 6.42 Å². The Bertz CT molecular complexity index is 121. The van der Waals surface area contributed by atoms with Crippen LogP contribution < -0.4 is 5.32 Å². The van der Waals surface area contributed by atoms with Crippen LogP contribution in [0.2, 0.25) is 0 Å². The Kier molecular flexibility index (Phi) is 4.95. The van der Waals surface area contributed by atoms with Crippen LogP contribution in [-0.4, -0.2) is 13.1 Å². The number of hydrogen-bond donors (Lipinski definition) is 1. The Hall–Kier alpha value is -0.560. The summed E-state index contributed by atoms with van der Waals surface area (Å²) < 4.78 is 0. The van der Waals surface area contributed by atoms with Crippen LogP contribution in [0.25, 0.3) is 0 Å². The number of rotatable bonds is 4. The minimum absolute atomic E-state index is 0.512. The van der Waals surface area contributed by atoms with Crippen LogP contribution in [0, 0.1) is 0 Å². The molecule has 0 aliphatic rings. The first-order valence-corrected chi connectivity index (χ1v) is 3.72. The third kappa shape index (κ3) is 2.83. The Morgan fingerprint density at radius 3 is 2.60 bits per heavy atom. The summed E-state index contributed by atoms with van der Waals surface area (Å²) in [6.07, 6.45) is 5.01. The van der Waals surface area contributed by atoms with E-state index in [2.05, 4.69) is 25.7 Å². The van der Waals surface area contributed by atoms with Gasteiger partial charge in [0.2, 0.25) is 0 Å². The molecule has 1 nitrogen and oxygen atoms in total. The third-order valence-electron chi connectivity index (χ3n) is 1.69. The maximum absolute atomic E-state index is 3.65. The van der Waals surface area contributed by atoms with Crippen molar-refractivity contribution in [2.24, 2.45) is 0 Å². The lowest BCUT2D eigenvalue weighted by Gasteiger charge is -2.13. The zero-order chi connectivity index (χ0) is 7.98. The molecule has 0 aromatic carbocycles. The first-order valence-electron chi connectivity index (χ1n) is 3.72. The molecule has 1 unspecified atom stereocenters. The Morgan fingerprint density at radius 2 is 2.30 bits per heavy atom. The van der Waals surface area contributed by atoms with Crippen LogP contribution in [0.5, 0.6) is 0 Å². The van der Waals surface area contributed by atoms with Gasteiger partial charge in [0, 0.05) is 6.04 Å². The highest BCUT2D eigenvalue weighted by atomic mass is 14.9. The lowest BCUT2D eigenvalue weighted by atomic mass is 10.1. The van der Waals surface area contributed by atoms with Gasteiger partial charge < -0.3 is 5.32 Å². The van der Waals surface area contributed by atoms with E-state index in [1.165, 1.54) is 5.57 Å². The van der Waals surface area contributed by atoms with Crippen molar-refractivity contribution in [1.29, 1.82) is 0 Å². The summed E-state index contributed by atoms with van der Waals surface area (Å²) >= 11 is 0. The van der Waals surface area contributed by atoms with E-state index in [4.69, 9.17) is 0 Å². The van der Waals surface area contributed by atoms with Crippen molar-refractivity contribution in [2.75, 3.05) is 7.05 Å². The largest absolute Gasteiger partial charge is 0.313 e. The summed E-state index contributed by atoms with van der Waals surface area (Å²) in [5.41, 5.74) is 1.35. The van der Waals surface area contributed by atoms with Crippen molar-refractivity contribution < 1.29 is 0 Å². The van der Waals surface area contributed by atoms with Gasteiger partial charge in [-0.25, -0.2) is 0 Å². The molecule has 0 aromatic rings. The Labute approximate surface area is 63.8 Å². The average Bonchev–Trinajstić information content (AvgIpc) is 1.91. The zero-order valence-electron chi connectivity index (χ0n) is 7.15. The minimum atomic E-state index is 0.512. The highest BCUT2D eigenvalue weighted by Crippen LogP contribution is 2.03. The van der Waals surface area contributed by atoms with Crippen molar-refractivity contribution in [1.82, 2.24) is 5.32 Å². The monoisotopic (exact) mass is 139 g/mol. The quantitative estimate of drug-likeness (QED) is 0.588. The maximum atomic E-state index is 3.65. The molecule has 0 spiro atoms. The fourth-order valence-corrected chi connectivity index (χ4v) is 1.06. The van der Waals surface area contributed by atoms with Gasteiger partial charge >= 0.3 is 0 Å². The molecule has 0 heterocycles. The normalized spacial score (nSPS) is 14.9. The molecule has 10 heavy (non-hydrogen) atoms. The zero-order valence-corrected chi connectivity index (χ0v) is 7.15. The summed E-state index contributed by atoms with van der Waals surface area (Å²) in [4.78, 5) is 0. The number of likely N-dealkylation sites (N-methyl/N-ethyl adjacent to an activating group) is 1. The van der Waals surface area contributed by atoms with Gasteiger partial charge in [-0.15, -0.1) is 0 Å². The molecule has 0 saturated heterocycles. The van der Waals surface area contributed by atoms with E-state index in [-0.39, 0.29) is 0 Å². The molecule has 0 aromatic heterocycles. The lowest BCUT2D eigenvalue weighted by Crippen LogP contribution is -2.25. The summed E-state index contributed by atoms with van der Waals surface area (Å²) in [6, 6.07) is 0.512. The molecular weight excluding hydrogens is 122 g/mol. The topological polar surface area (TPSA) is 12.0 Å². The number of allylic oxidation sites excluding steroid dienone is 2. The van der Waals surface area contributed by atoms with E-state index in [1.807, 2.05) is 19.2 Å². The number of hydrogen-bond acceptors (Lipinski definition) is 1. The molecule has 1 N–H and O–H groups in total. The molecule has 0 rings (SSSR count). The van der Waals surface area contributed by atoms with Crippen LogP contribution in [0.1, 0.15) is 20.3 Å². The van der Waals surface area contributed by atoms with Crippen LogP contribution in [-0.2, 0) is 0 Å². The van der Waals surface area contributed by atoms with E-state index in [0.29, 0.717) is 6.04 Å². The molecule has 0 amide bonds. The molecule has 58 valence electrons. The van der Waals surface area contributed by atoms with Crippen molar-refractivity contribution in [2.45, 2.75) is 26.3 Å². The summed E-state index contributed by atoms with van der Waals surface area (Å²) in [5.74, 6) is 0. The minimum Gasteiger partial charge on any atom is -0.313 e. The Morgan fingerprint density at radius 1 is 1.70 bits per heavy atom. The van der Waals surface area contributed by atoms with Gasteiger partial charge in [0.15, 0.2) is 0 Å². The second kappa shape index (κ2) is 5.24. The van der Waals surface area contributed by atoms with E-state index >= 15 is 0 Å². The molecule has 1 heteroatoms. The average molecular weight is 139 g/mol. The highest BCUT2D eigenvalue weighted by molar-refractivity contribution is 5.13. The van der Waals surface area contributed by atoms with Crippen LogP contribution >= 0.6 is 0 Å². The highest BCUT2D eigenvalue weighted by Gasteiger charge is 2.01. The fraction of sp³-hybridized carbons (Fsp3) is 0.556. The second-order valence-electron chi connectivity index (χ2n) is 2.40. The van der Waals surface area contributed by atoms with Crippen LogP contribution in [0.3, 0.4) is 0 Å². The smallest absolute Gasteiger partial charge is 0.0274 e. The summed E-state index contributed by atoms with van der Waals surface area (Å²) in [5, 5.41) is 3.22.